The summed E-state index contributed by atoms with van der Waals surface area (Å²) in [5.74, 6) is 1.80. The van der Waals surface area contributed by atoms with Gasteiger partial charge in [-0.1, -0.05) is 54.0 Å². The number of thiophene rings is 1. The molecule has 172 valence electrons. The molecule has 5 nitrogen and oxygen atoms in total. The Balaban J connectivity index is 1.58. The topological polar surface area (TPSA) is 52.2 Å². The Morgan fingerprint density at radius 2 is 1.76 bits per heavy atom. The van der Waals surface area contributed by atoms with Gasteiger partial charge in [0.2, 0.25) is 5.78 Å². The van der Waals surface area contributed by atoms with Crippen molar-refractivity contribution in [3.8, 4) is 5.69 Å². The average molecular weight is 528 g/mol. The Labute approximate surface area is 214 Å². The van der Waals surface area contributed by atoms with Crippen molar-refractivity contribution in [2.75, 3.05) is 0 Å². The SMILES string of the molecule is C[C@H]1CCc2sc3c(c2C1)c(=O)n(-c1ccc(Cl)cc1)c1nnc(SCc2ccc(Cl)cc2)n31. The molecule has 3 heterocycles. The van der Waals surface area contributed by atoms with Gasteiger partial charge < -0.3 is 0 Å². The van der Waals surface area contributed by atoms with Gasteiger partial charge in [0.05, 0.1) is 11.1 Å². The van der Waals surface area contributed by atoms with Crippen LogP contribution in [0.4, 0.5) is 0 Å². The molecule has 9 heteroatoms. The number of benzene rings is 2. The third-order valence-electron chi connectivity index (χ3n) is 6.29. The summed E-state index contributed by atoms with van der Waals surface area (Å²) in [4.78, 5) is 16.2. The molecule has 5 aromatic rings. The summed E-state index contributed by atoms with van der Waals surface area (Å²) in [6.07, 6.45) is 3.08. The Bertz CT molecular complexity index is 1590. The van der Waals surface area contributed by atoms with Crippen LogP contribution in [0.5, 0.6) is 0 Å². The number of hydrogen-bond acceptors (Lipinski definition) is 5. The van der Waals surface area contributed by atoms with Crippen molar-refractivity contribution in [3.05, 3.63) is 84.9 Å². The minimum Gasteiger partial charge on any atom is -0.268 e. The lowest BCUT2D eigenvalue weighted by Gasteiger charge is -2.18. The first-order valence-corrected chi connectivity index (χ1v) is 13.6. The molecule has 0 N–H and O–H groups in total. The predicted octanol–water partition coefficient (Wildman–Crippen LogP) is 6.82. The Morgan fingerprint density at radius 1 is 1.06 bits per heavy atom. The van der Waals surface area contributed by atoms with Crippen molar-refractivity contribution in [2.24, 2.45) is 5.92 Å². The molecule has 0 aliphatic heterocycles. The second-order valence-corrected chi connectivity index (χ2v) is 11.6. The molecule has 1 aliphatic carbocycles. The van der Waals surface area contributed by atoms with Gasteiger partial charge in [0.1, 0.15) is 4.83 Å². The monoisotopic (exact) mass is 526 g/mol. The molecule has 0 radical (unpaired) electrons. The third kappa shape index (κ3) is 3.75. The number of nitrogens with zero attached hydrogens (tertiary/aromatic N) is 4. The zero-order valence-corrected chi connectivity index (χ0v) is 21.4. The molecule has 3 aromatic heterocycles. The fourth-order valence-corrected chi connectivity index (χ4v) is 7.09. The van der Waals surface area contributed by atoms with Crippen LogP contribution in [-0.2, 0) is 18.6 Å². The van der Waals surface area contributed by atoms with E-state index in [-0.39, 0.29) is 5.56 Å². The van der Waals surface area contributed by atoms with E-state index in [9.17, 15) is 4.79 Å². The minimum atomic E-state index is -0.0435. The van der Waals surface area contributed by atoms with Crippen LogP contribution in [0.1, 0.15) is 29.3 Å². The van der Waals surface area contributed by atoms with Crippen molar-refractivity contribution in [1.29, 1.82) is 0 Å². The molecule has 0 fully saturated rings. The molecular formula is C25H20Cl2N4OS2. The van der Waals surface area contributed by atoms with E-state index in [1.165, 1.54) is 10.4 Å². The lowest BCUT2D eigenvalue weighted by Crippen LogP contribution is -2.22. The van der Waals surface area contributed by atoms with Crippen LogP contribution in [0.25, 0.3) is 21.7 Å². The van der Waals surface area contributed by atoms with E-state index >= 15 is 0 Å². The maximum Gasteiger partial charge on any atom is 0.268 e. The summed E-state index contributed by atoms with van der Waals surface area (Å²) in [5.41, 5.74) is 3.02. The standard InChI is InChI=1S/C25H20Cl2N4OS2/c1-14-2-11-20-19(12-14)21-22(32)30(18-9-7-17(27)8-10-18)24-28-29-25(31(24)23(21)34-20)33-13-15-3-5-16(26)6-4-15/h3-10,14H,2,11-13H2,1H3/t14-/m0/s1. The molecule has 0 bridgehead atoms. The van der Waals surface area contributed by atoms with Gasteiger partial charge in [-0.05, 0) is 72.7 Å². The van der Waals surface area contributed by atoms with Gasteiger partial charge >= 0.3 is 0 Å². The van der Waals surface area contributed by atoms with E-state index in [2.05, 4.69) is 21.5 Å². The number of halogens is 2. The average Bonchev–Trinajstić information content (AvgIpc) is 3.41. The van der Waals surface area contributed by atoms with Crippen molar-refractivity contribution in [2.45, 2.75) is 37.1 Å². The quantitative estimate of drug-likeness (QED) is 0.241. The first-order chi connectivity index (χ1) is 16.5. The van der Waals surface area contributed by atoms with Crippen LogP contribution in [0.3, 0.4) is 0 Å². The smallest absolute Gasteiger partial charge is 0.268 e. The molecular weight excluding hydrogens is 507 g/mol. The van der Waals surface area contributed by atoms with Gasteiger partial charge in [0.15, 0.2) is 5.16 Å². The van der Waals surface area contributed by atoms with E-state index in [0.29, 0.717) is 21.7 Å². The van der Waals surface area contributed by atoms with Crippen molar-refractivity contribution < 1.29 is 0 Å². The number of thioether (sulfide) groups is 1. The van der Waals surface area contributed by atoms with Gasteiger partial charge in [0, 0.05) is 20.7 Å². The van der Waals surface area contributed by atoms with Crippen LogP contribution in [0.2, 0.25) is 10.0 Å². The number of fused-ring (bicyclic) bond motifs is 5. The fraction of sp³-hybridized carbons (Fsp3) is 0.240. The zero-order valence-electron chi connectivity index (χ0n) is 18.3. The Morgan fingerprint density at radius 3 is 2.50 bits per heavy atom. The molecule has 1 aliphatic rings. The van der Waals surface area contributed by atoms with Gasteiger partial charge in [-0.25, -0.2) is 8.97 Å². The van der Waals surface area contributed by atoms with Crippen LogP contribution in [0, 0.1) is 5.92 Å². The fourth-order valence-electron chi connectivity index (χ4n) is 4.55. The first-order valence-electron chi connectivity index (χ1n) is 11.1. The van der Waals surface area contributed by atoms with Crippen LogP contribution >= 0.6 is 46.3 Å². The lowest BCUT2D eigenvalue weighted by molar-refractivity contribution is 0.508. The zero-order chi connectivity index (χ0) is 23.4. The van der Waals surface area contributed by atoms with Gasteiger partial charge in [-0.3, -0.25) is 4.79 Å². The number of hydrogen-bond donors (Lipinski definition) is 0. The van der Waals surface area contributed by atoms with E-state index in [0.717, 1.165) is 51.6 Å². The van der Waals surface area contributed by atoms with E-state index < -0.39 is 0 Å². The van der Waals surface area contributed by atoms with Crippen LogP contribution < -0.4 is 5.56 Å². The highest BCUT2D eigenvalue weighted by Crippen LogP contribution is 2.38. The summed E-state index contributed by atoms with van der Waals surface area (Å²) < 4.78 is 3.73. The van der Waals surface area contributed by atoms with Crippen LogP contribution in [0.15, 0.2) is 58.5 Å². The molecule has 0 saturated heterocycles. The van der Waals surface area contributed by atoms with E-state index in [1.54, 1.807) is 39.8 Å². The van der Waals surface area contributed by atoms with Crippen molar-refractivity contribution in [1.82, 2.24) is 19.2 Å². The largest absolute Gasteiger partial charge is 0.268 e. The molecule has 2 aromatic carbocycles. The molecule has 34 heavy (non-hydrogen) atoms. The third-order valence-corrected chi connectivity index (χ3v) is 9.07. The molecule has 0 saturated carbocycles. The Kier molecular flexibility index (Phi) is 5.68. The normalized spacial score (nSPS) is 15.8. The highest BCUT2D eigenvalue weighted by molar-refractivity contribution is 7.98. The number of aromatic nitrogens is 4. The molecule has 1 atom stereocenters. The van der Waals surface area contributed by atoms with Crippen LogP contribution in [-0.4, -0.2) is 19.2 Å². The first kappa shape index (κ1) is 22.2. The van der Waals surface area contributed by atoms with Gasteiger partial charge in [0.25, 0.3) is 5.56 Å². The second-order valence-electron chi connectivity index (χ2n) is 8.68. The van der Waals surface area contributed by atoms with E-state index in [1.807, 2.05) is 36.4 Å². The maximum absolute atomic E-state index is 13.9. The minimum absolute atomic E-state index is 0.0435. The van der Waals surface area contributed by atoms with Gasteiger partial charge in [-0.2, -0.15) is 0 Å². The van der Waals surface area contributed by atoms with E-state index in [4.69, 9.17) is 23.2 Å². The number of aryl methyl sites for hydroxylation is 1. The summed E-state index contributed by atoms with van der Waals surface area (Å²) in [6, 6.07) is 15.1. The molecule has 0 amide bonds. The summed E-state index contributed by atoms with van der Waals surface area (Å²) in [6.45, 7) is 2.26. The van der Waals surface area contributed by atoms with Gasteiger partial charge in [-0.15, -0.1) is 21.5 Å². The molecule has 0 spiro atoms. The second kappa shape index (κ2) is 8.72. The van der Waals surface area contributed by atoms with Crippen molar-refractivity contribution in [3.63, 3.8) is 0 Å². The molecule has 6 rings (SSSR count). The summed E-state index contributed by atoms with van der Waals surface area (Å²) in [5, 5.41) is 11.9. The summed E-state index contributed by atoms with van der Waals surface area (Å²) >= 11 is 15.5. The molecule has 0 unspecified atom stereocenters. The lowest BCUT2D eigenvalue weighted by atomic mass is 9.89. The predicted molar refractivity (Wildman–Crippen MR) is 141 cm³/mol. The highest BCUT2D eigenvalue weighted by Gasteiger charge is 2.27. The summed E-state index contributed by atoms with van der Waals surface area (Å²) in [7, 11) is 0. The maximum atomic E-state index is 13.9. The highest BCUT2D eigenvalue weighted by atomic mass is 35.5. The Hall–Kier alpha value is -2.32. The van der Waals surface area contributed by atoms with Crippen molar-refractivity contribution >= 4 is 62.3 Å². The number of rotatable bonds is 4.